The van der Waals surface area contributed by atoms with E-state index in [9.17, 15) is 5.26 Å². The van der Waals surface area contributed by atoms with Gasteiger partial charge in [-0.25, -0.2) is 4.99 Å². The Bertz CT molecular complexity index is 1190. The van der Waals surface area contributed by atoms with Crippen molar-refractivity contribution in [2.45, 2.75) is 90.9 Å². The summed E-state index contributed by atoms with van der Waals surface area (Å²) >= 11 is 1.74. The van der Waals surface area contributed by atoms with Gasteiger partial charge in [-0.2, -0.15) is 5.26 Å². The van der Waals surface area contributed by atoms with Gasteiger partial charge in [-0.1, -0.05) is 26.8 Å². The fourth-order valence-electron chi connectivity index (χ4n) is 8.38. The summed E-state index contributed by atoms with van der Waals surface area (Å²) in [5.74, 6) is 4.34. The molecule has 1 heterocycles. The highest BCUT2D eigenvalue weighted by Crippen LogP contribution is 2.61. The number of ether oxygens (including phenoxy) is 1. The standard InChI is InChI=1S/C32H40N2OS/c1-5-35-28-9-7-25(32-15-20-10-21(16-32)12-22(11-20)17-32)13-23(28)19-34-30-27(18-33)26-8-6-24(31(2,3)4)14-29(26)36-30/h7,9,13,19-22,24H,5-6,8,10-12,14-17H2,1-4H3/t20?,21?,22?,24-,32?/m0/s1. The number of hydrogen-bond acceptors (Lipinski definition) is 4. The molecule has 3 nitrogen and oxygen atoms in total. The Kier molecular flexibility index (Phi) is 6.07. The number of nitrogens with zero attached hydrogens (tertiary/aromatic N) is 2. The Morgan fingerprint density at radius 3 is 2.44 bits per heavy atom. The van der Waals surface area contributed by atoms with E-state index in [0.717, 1.165) is 58.9 Å². The molecule has 190 valence electrons. The maximum absolute atomic E-state index is 10.0. The lowest BCUT2D eigenvalue weighted by Crippen LogP contribution is -2.48. The fourth-order valence-corrected chi connectivity index (χ4v) is 9.60. The zero-order valence-electron chi connectivity index (χ0n) is 22.4. The second-order valence-corrected chi connectivity index (χ2v) is 14.3. The van der Waals surface area contributed by atoms with Crippen LogP contribution in [0.5, 0.6) is 5.75 Å². The number of rotatable bonds is 5. The lowest BCUT2D eigenvalue weighted by molar-refractivity contribution is -0.00521. The van der Waals surface area contributed by atoms with Crippen LogP contribution in [0.25, 0.3) is 0 Å². The number of aliphatic imine (C=N–C) groups is 1. The first kappa shape index (κ1) is 24.2. The van der Waals surface area contributed by atoms with Gasteiger partial charge in [-0.3, -0.25) is 0 Å². The zero-order chi connectivity index (χ0) is 25.1. The predicted molar refractivity (Wildman–Crippen MR) is 149 cm³/mol. The second kappa shape index (κ2) is 9.02. The van der Waals surface area contributed by atoms with Crippen molar-refractivity contribution in [1.82, 2.24) is 0 Å². The van der Waals surface area contributed by atoms with Crippen LogP contribution >= 0.6 is 11.3 Å². The van der Waals surface area contributed by atoms with E-state index in [1.807, 2.05) is 13.1 Å². The molecular formula is C32H40N2OS. The first-order chi connectivity index (χ1) is 17.3. The van der Waals surface area contributed by atoms with Crippen molar-refractivity contribution in [2.24, 2.45) is 34.1 Å². The molecule has 1 atom stereocenters. The molecule has 0 saturated heterocycles. The summed E-state index contributed by atoms with van der Waals surface area (Å²) in [6.45, 7) is 9.70. The lowest BCUT2D eigenvalue weighted by Gasteiger charge is -2.57. The molecule has 4 fully saturated rings. The Hall–Kier alpha value is -2.12. The molecule has 1 aromatic carbocycles. The maximum atomic E-state index is 10.0. The van der Waals surface area contributed by atoms with Crippen LogP contribution in [-0.2, 0) is 18.3 Å². The molecule has 0 aliphatic heterocycles. The molecule has 0 N–H and O–H groups in total. The third-order valence-electron chi connectivity index (χ3n) is 9.86. The summed E-state index contributed by atoms with van der Waals surface area (Å²) in [5.41, 5.74) is 5.25. The van der Waals surface area contributed by atoms with Crippen LogP contribution in [-0.4, -0.2) is 12.8 Å². The van der Waals surface area contributed by atoms with Gasteiger partial charge in [0.25, 0.3) is 0 Å². The summed E-state index contributed by atoms with van der Waals surface area (Å²) in [5, 5.41) is 10.9. The van der Waals surface area contributed by atoms with E-state index in [1.54, 1.807) is 11.3 Å². The number of thiophene rings is 1. The van der Waals surface area contributed by atoms with Gasteiger partial charge in [0.1, 0.15) is 16.8 Å². The third-order valence-corrected chi connectivity index (χ3v) is 11.0. The molecule has 2 aromatic rings. The molecule has 0 amide bonds. The average Bonchev–Trinajstić information content (AvgIpc) is 3.19. The van der Waals surface area contributed by atoms with Crippen molar-refractivity contribution in [3.8, 4) is 11.8 Å². The van der Waals surface area contributed by atoms with E-state index in [4.69, 9.17) is 9.73 Å². The van der Waals surface area contributed by atoms with Gasteiger partial charge in [0, 0.05) is 16.7 Å². The van der Waals surface area contributed by atoms with Crippen LogP contribution < -0.4 is 4.74 Å². The Balaban J connectivity index is 1.33. The summed E-state index contributed by atoms with van der Waals surface area (Å²) in [6.07, 6.45) is 13.7. The molecule has 0 radical (unpaired) electrons. The van der Waals surface area contributed by atoms with Gasteiger partial charge in [0.15, 0.2) is 0 Å². The Labute approximate surface area is 221 Å². The molecule has 4 bridgehead atoms. The van der Waals surface area contributed by atoms with Crippen LogP contribution in [0.15, 0.2) is 23.2 Å². The van der Waals surface area contributed by atoms with Crippen molar-refractivity contribution < 1.29 is 4.74 Å². The molecule has 4 saturated carbocycles. The highest BCUT2D eigenvalue weighted by Gasteiger charge is 2.51. The fraction of sp³-hybridized carbons (Fsp3) is 0.625. The first-order valence-corrected chi connectivity index (χ1v) is 15.0. The van der Waals surface area contributed by atoms with Gasteiger partial charge in [0.05, 0.1) is 12.2 Å². The van der Waals surface area contributed by atoms with Gasteiger partial charge in [-0.05, 0) is 122 Å². The average molecular weight is 501 g/mol. The summed E-state index contributed by atoms with van der Waals surface area (Å²) in [4.78, 5) is 6.33. The van der Waals surface area contributed by atoms with Crippen molar-refractivity contribution >= 4 is 22.6 Å². The van der Waals surface area contributed by atoms with Gasteiger partial charge >= 0.3 is 0 Å². The van der Waals surface area contributed by atoms with Crippen LogP contribution in [0.2, 0.25) is 0 Å². The minimum Gasteiger partial charge on any atom is -0.493 e. The molecule has 36 heavy (non-hydrogen) atoms. The van der Waals surface area contributed by atoms with Gasteiger partial charge in [0.2, 0.25) is 0 Å². The summed E-state index contributed by atoms with van der Waals surface area (Å²) in [6, 6.07) is 9.39. The van der Waals surface area contributed by atoms with E-state index >= 15 is 0 Å². The summed E-state index contributed by atoms with van der Waals surface area (Å²) in [7, 11) is 0. The van der Waals surface area contributed by atoms with Crippen LogP contribution in [0, 0.1) is 40.4 Å². The second-order valence-electron chi connectivity index (χ2n) is 13.2. The smallest absolute Gasteiger partial charge is 0.134 e. The quantitative estimate of drug-likeness (QED) is 0.387. The van der Waals surface area contributed by atoms with E-state index in [-0.39, 0.29) is 0 Å². The molecule has 0 unspecified atom stereocenters. The van der Waals surface area contributed by atoms with Crippen LogP contribution in [0.4, 0.5) is 5.00 Å². The third kappa shape index (κ3) is 4.22. The highest BCUT2D eigenvalue weighted by molar-refractivity contribution is 7.16. The van der Waals surface area contributed by atoms with E-state index < -0.39 is 0 Å². The number of benzene rings is 1. The number of hydrogen-bond donors (Lipinski definition) is 0. The lowest BCUT2D eigenvalue weighted by atomic mass is 9.48. The molecule has 0 spiro atoms. The SMILES string of the molecule is CCOc1ccc(C23CC4CC(CC(C4)C2)C3)cc1C=Nc1sc2c(c1C#N)CC[C@H](C(C)(C)C)C2. The van der Waals surface area contributed by atoms with Crippen LogP contribution in [0.3, 0.4) is 0 Å². The molecule has 7 rings (SSSR count). The predicted octanol–water partition coefficient (Wildman–Crippen LogP) is 8.39. The molecule has 5 aliphatic carbocycles. The Morgan fingerprint density at radius 1 is 1.14 bits per heavy atom. The Morgan fingerprint density at radius 2 is 1.83 bits per heavy atom. The largest absolute Gasteiger partial charge is 0.493 e. The molecule has 1 aromatic heterocycles. The normalized spacial score (nSPS) is 31.0. The van der Waals surface area contributed by atoms with E-state index in [0.29, 0.717) is 23.4 Å². The van der Waals surface area contributed by atoms with Crippen molar-refractivity contribution in [3.05, 3.63) is 45.3 Å². The molecular weight excluding hydrogens is 460 g/mol. The van der Waals surface area contributed by atoms with Crippen molar-refractivity contribution in [2.75, 3.05) is 6.61 Å². The minimum absolute atomic E-state index is 0.294. The van der Waals surface area contributed by atoms with Gasteiger partial charge in [-0.15, -0.1) is 11.3 Å². The van der Waals surface area contributed by atoms with E-state index in [2.05, 4.69) is 45.0 Å². The van der Waals surface area contributed by atoms with Gasteiger partial charge < -0.3 is 4.74 Å². The zero-order valence-corrected chi connectivity index (χ0v) is 23.2. The maximum Gasteiger partial charge on any atom is 0.134 e. The number of nitriles is 1. The van der Waals surface area contributed by atoms with Crippen molar-refractivity contribution in [1.29, 1.82) is 5.26 Å². The molecule has 4 heteroatoms. The molecule has 5 aliphatic rings. The highest BCUT2D eigenvalue weighted by atomic mass is 32.1. The first-order valence-electron chi connectivity index (χ1n) is 14.1. The van der Waals surface area contributed by atoms with E-state index in [1.165, 1.54) is 54.5 Å². The monoisotopic (exact) mass is 500 g/mol. The van der Waals surface area contributed by atoms with Crippen LogP contribution in [0.1, 0.15) is 99.8 Å². The topological polar surface area (TPSA) is 45.4 Å². The van der Waals surface area contributed by atoms with Crippen molar-refractivity contribution in [3.63, 3.8) is 0 Å². The summed E-state index contributed by atoms with van der Waals surface area (Å²) < 4.78 is 6.04. The number of fused-ring (bicyclic) bond motifs is 1. The minimum atomic E-state index is 0.294.